The van der Waals surface area contributed by atoms with E-state index in [9.17, 15) is 8.42 Å². The Morgan fingerprint density at radius 2 is 1.78 bits per heavy atom. The van der Waals surface area contributed by atoms with Crippen molar-refractivity contribution in [2.75, 3.05) is 32.4 Å². The number of sulfonamides is 1. The Bertz CT molecular complexity index is 488. The third kappa shape index (κ3) is 3.54. The molecule has 0 N–H and O–H groups in total. The molecule has 2 heterocycles. The molecule has 0 radical (unpaired) electrons. The van der Waals surface area contributed by atoms with E-state index in [1.54, 1.807) is 4.31 Å². The van der Waals surface area contributed by atoms with Crippen LogP contribution < -0.4 is 0 Å². The highest BCUT2D eigenvalue weighted by Gasteiger charge is 2.23. The zero-order valence-electron chi connectivity index (χ0n) is 10.9. The molecular formula is C12H20N2O2S2. The maximum Gasteiger partial charge on any atom is 0.211 e. The van der Waals surface area contributed by atoms with Crippen molar-refractivity contribution >= 4 is 21.4 Å². The predicted molar refractivity (Wildman–Crippen MR) is 75.4 cm³/mol. The van der Waals surface area contributed by atoms with Gasteiger partial charge in [0.1, 0.15) is 0 Å². The summed E-state index contributed by atoms with van der Waals surface area (Å²) in [5, 5.41) is 0. The van der Waals surface area contributed by atoms with Crippen LogP contribution in [0.4, 0.5) is 0 Å². The maximum atomic E-state index is 11.4. The van der Waals surface area contributed by atoms with Gasteiger partial charge < -0.3 is 0 Å². The first-order valence-corrected chi connectivity index (χ1v) is 8.90. The van der Waals surface area contributed by atoms with Crippen LogP contribution in [0.3, 0.4) is 0 Å². The van der Waals surface area contributed by atoms with E-state index in [4.69, 9.17) is 0 Å². The van der Waals surface area contributed by atoms with Crippen molar-refractivity contribution in [2.45, 2.75) is 19.9 Å². The number of hydrogen-bond donors (Lipinski definition) is 0. The summed E-state index contributed by atoms with van der Waals surface area (Å²) in [4.78, 5) is 5.12. The highest BCUT2D eigenvalue weighted by Crippen LogP contribution is 2.19. The highest BCUT2D eigenvalue weighted by molar-refractivity contribution is 7.88. The van der Waals surface area contributed by atoms with Crippen LogP contribution in [0.2, 0.25) is 0 Å². The minimum Gasteiger partial charge on any atom is -0.296 e. The van der Waals surface area contributed by atoms with Gasteiger partial charge in [0.2, 0.25) is 10.0 Å². The zero-order chi connectivity index (χ0) is 13.2. The summed E-state index contributed by atoms with van der Waals surface area (Å²) in [5.74, 6) is 0. The quantitative estimate of drug-likeness (QED) is 0.840. The first-order chi connectivity index (χ1) is 8.49. The summed E-state index contributed by atoms with van der Waals surface area (Å²) < 4.78 is 24.4. The molecule has 0 saturated carbocycles. The molecule has 0 aliphatic carbocycles. The lowest BCUT2D eigenvalue weighted by atomic mass is 10.3. The molecule has 0 amide bonds. The fraction of sp³-hybridized carbons (Fsp3) is 0.667. The smallest absolute Gasteiger partial charge is 0.211 e. The summed E-state index contributed by atoms with van der Waals surface area (Å²) in [5.41, 5.74) is 0. The lowest BCUT2D eigenvalue weighted by Gasteiger charge is -2.32. The molecule has 1 fully saturated rings. The maximum absolute atomic E-state index is 11.4. The second-order valence-electron chi connectivity index (χ2n) is 4.66. The molecule has 1 aliphatic rings. The summed E-state index contributed by atoms with van der Waals surface area (Å²) >= 11 is 1.86. The van der Waals surface area contributed by atoms with Crippen LogP contribution in [0.1, 0.15) is 16.7 Å². The molecule has 6 heteroatoms. The molecule has 0 atom stereocenters. The SMILES string of the molecule is CCc1ccc(CN2CCN(S(C)(=O)=O)CC2)s1. The van der Waals surface area contributed by atoms with Crippen molar-refractivity contribution in [1.29, 1.82) is 0 Å². The van der Waals surface area contributed by atoms with Gasteiger partial charge in [0, 0.05) is 42.5 Å². The van der Waals surface area contributed by atoms with E-state index < -0.39 is 10.0 Å². The fourth-order valence-electron chi connectivity index (χ4n) is 2.14. The first-order valence-electron chi connectivity index (χ1n) is 6.24. The highest BCUT2D eigenvalue weighted by atomic mass is 32.2. The van der Waals surface area contributed by atoms with Crippen molar-refractivity contribution in [3.8, 4) is 0 Å². The summed E-state index contributed by atoms with van der Waals surface area (Å²) in [7, 11) is -3.01. The molecule has 0 aromatic carbocycles. The summed E-state index contributed by atoms with van der Waals surface area (Å²) in [6, 6.07) is 4.37. The molecule has 0 bridgehead atoms. The molecular weight excluding hydrogens is 268 g/mol. The van der Waals surface area contributed by atoms with Crippen molar-refractivity contribution in [2.24, 2.45) is 0 Å². The van der Waals surface area contributed by atoms with Gasteiger partial charge in [-0.15, -0.1) is 11.3 Å². The van der Waals surface area contributed by atoms with E-state index in [0.29, 0.717) is 13.1 Å². The van der Waals surface area contributed by atoms with E-state index in [-0.39, 0.29) is 0 Å². The first kappa shape index (κ1) is 14.0. The van der Waals surface area contributed by atoms with Gasteiger partial charge in [0.05, 0.1) is 6.26 Å². The minimum absolute atomic E-state index is 0.616. The van der Waals surface area contributed by atoms with E-state index in [0.717, 1.165) is 26.1 Å². The predicted octanol–water partition coefficient (Wildman–Crippen LogP) is 1.39. The van der Waals surface area contributed by atoms with Crippen LogP contribution >= 0.6 is 11.3 Å². The third-order valence-corrected chi connectivity index (χ3v) is 5.76. The zero-order valence-corrected chi connectivity index (χ0v) is 12.6. The Kier molecular flexibility index (Phi) is 4.42. The second kappa shape index (κ2) is 5.69. The van der Waals surface area contributed by atoms with E-state index in [1.165, 1.54) is 16.0 Å². The van der Waals surface area contributed by atoms with Crippen LogP contribution in [0, 0.1) is 0 Å². The van der Waals surface area contributed by atoms with Gasteiger partial charge in [-0.1, -0.05) is 6.92 Å². The van der Waals surface area contributed by atoms with Gasteiger partial charge in [-0.3, -0.25) is 4.90 Å². The Morgan fingerprint density at radius 3 is 2.28 bits per heavy atom. The van der Waals surface area contributed by atoms with Crippen molar-refractivity contribution in [1.82, 2.24) is 9.21 Å². The number of nitrogens with zero attached hydrogens (tertiary/aromatic N) is 2. The number of thiophene rings is 1. The van der Waals surface area contributed by atoms with Crippen molar-refractivity contribution in [3.63, 3.8) is 0 Å². The number of piperazine rings is 1. The molecule has 0 spiro atoms. The van der Waals surface area contributed by atoms with E-state index >= 15 is 0 Å². The molecule has 1 aliphatic heterocycles. The standard InChI is InChI=1S/C12H20N2O2S2/c1-3-11-4-5-12(17-11)10-13-6-8-14(9-7-13)18(2,15)16/h4-5H,3,6-10H2,1-2H3. The lowest BCUT2D eigenvalue weighted by molar-refractivity contribution is 0.183. The summed E-state index contributed by atoms with van der Waals surface area (Å²) in [6.07, 6.45) is 2.38. The number of hydrogen-bond acceptors (Lipinski definition) is 4. The van der Waals surface area contributed by atoms with Crippen LogP contribution in [-0.4, -0.2) is 50.1 Å². The largest absolute Gasteiger partial charge is 0.296 e. The topological polar surface area (TPSA) is 40.6 Å². The average Bonchev–Trinajstić information content (AvgIpc) is 2.76. The Labute approximate surface area is 113 Å². The lowest BCUT2D eigenvalue weighted by Crippen LogP contribution is -2.47. The number of rotatable bonds is 4. The van der Waals surface area contributed by atoms with Gasteiger partial charge in [-0.2, -0.15) is 4.31 Å². The van der Waals surface area contributed by atoms with Gasteiger partial charge >= 0.3 is 0 Å². The van der Waals surface area contributed by atoms with Gasteiger partial charge in [0.15, 0.2) is 0 Å². The van der Waals surface area contributed by atoms with Crippen molar-refractivity contribution in [3.05, 3.63) is 21.9 Å². The van der Waals surface area contributed by atoms with E-state index in [2.05, 4.69) is 24.0 Å². The molecule has 1 aromatic heterocycles. The second-order valence-corrected chi connectivity index (χ2v) is 7.90. The van der Waals surface area contributed by atoms with Crippen LogP contribution in [0.25, 0.3) is 0 Å². The normalized spacial score (nSPS) is 19.2. The Morgan fingerprint density at radius 1 is 1.17 bits per heavy atom. The molecule has 4 nitrogen and oxygen atoms in total. The van der Waals surface area contributed by atoms with Crippen LogP contribution in [0.5, 0.6) is 0 Å². The molecule has 1 aromatic rings. The molecule has 2 rings (SSSR count). The molecule has 0 unspecified atom stereocenters. The fourth-order valence-corrected chi connectivity index (χ4v) is 3.96. The molecule has 102 valence electrons. The van der Waals surface area contributed by atoms with Gasteiger partial charge in [0.25, 0.3) is 0 Å². The Hall–Kier alpha value is -0.430. The van der Waals surface area contributed by atoms with E-state index in [1.807, 2.05) is 11.3 Å². The van der Waals surface area contributed by atoms with Crippen LogP contribution in [-0.2, 0) is 23.0 Å². The third-order valence-electron chi connectivity index (χ3n) is 3.25. The summed E-state index contributed by atoms with van der Waals surface area (Å²) in [6.45, 7) is 6.00. The monoisotopic (exact) mass is 288 g/mol. The van der Waals surface area contributed by atoms with Gasteiger partial charge in [-0.25, -0.2) is 8.42 Å². The number of aryl methyl sites for hydroxylation is 1. The van der Waals surface area contributed by atoms with Gasteiger partial charge in [-0.05, 0) is 18.6 Å². The molecule has 1 saturated heterocycles. The average molecular weight is 288 g/mol. The minimum atomic E-state index is -3.01. The Balaban J connectivity index is 1.87. The molecule has 18 heavy (non-hydrogen) atoms. The van der Waals surface area contributed by atoms with Crippen LogP contribution in [0.15, 0.2) is 12.1 Å². The van der Waals surface area contributed by atoms with Crippen molar-refractivity contribution < 1.29 is 8.42 Å².